The molecule has 1 atom stereocenters. The van der Waals surface area contributed by atoms with Crippen molar-refractivity contribution in [3.63, 3.8) is 0 Å². The number of carbonyl (C=O) groups excluding carboxylic acids is 2. The Morgan fingerprint density at radius 2 is 1.58 bits per heavy atom. The highest BCUT2D eigenvalue weighted by Crippen LogP contribution is 2.28. The monoisotopic (exact) mass is 671 g/mol. The van der Waals surface area contributed by atoms with Gasteiger partial charge in [-0.3, -0.25) is 13.9 Å². The molecule has 0 aromatic heterocycles. The van der Waals surface area contributed by atoms with Crippen LogP contribution < -0.4 is 9.62 Å². The Morgan fingerprint density at radius 1 is 0.933 bits per heavy atom. The van der Waals surface area contributed by atoms with Crippen molar-refractivity contribution in [2.75, 3.05) is 17.1 Å². The van der Waals surface area contributed by atoms with E-state index in [-0.39, 0.29) is 30.3 Å². The standard InChI is InChI=1S/C35H43Cl2N3O4S/c1-35(2,3)27-16-19-30(20-17-27)40(45(4,43)44)24-33(41)39(23-26-15-18-28(36)22-31(26)37)32(21-25-11-7-5-8-12-25)34(42)38-29-13-9-6-10-14-29/h5,7-8,11-12,15-20,22,29,32H,6,9-10,13-14,21,23-24H2,1-4H3,(H,38,42)/t32-/m0/s1. The largest absolute Gasteiger partial charge is 0.352 e. The van der Waals surface area contributed by atoms with E-state index in [1.54, 1.807) is 30.3 Å². The Balaban J connectivity index is 1.74. The molecule has 0 bridgehead atoms. The SMILES string of the molecule is CC(C)(C)c1ccc(N(CC(=O)N(Cc2ccc(Cl)cc2Cl)[C@@H](Cc2ccccc2)C(=O)NC2CCCCC2)S(C)(=O)=O)cc1. The molecule has 0 heterocycles. The summed E-state index contributed by atoms with van der Waals surface area (Å²) in [6.07, 6.45) is 6.30. The van der Waals surface area contributed by atoms with Gasteiger partial charge in [-0.05, 0) is 59.2 Å². The van der Waals surface area contributed by atoms with E-state index in [0.29, 0.717) is 21.3 Å². The van der Waals surface area contributed by atoms with Gasteiger partial charge in [0.15, 0.2) is 0 Å². The van der Waals surface area contributed by atoms with Gasteiger partial charge in [0.05, 0.1) is 11.9 Å². The van der Waals surface area contributed by atoms with Crippen LogP contribution in [0.3, 0.4) is 0 Å². The number of nitrogens with one attached hydrogen (secondary N) is 1. The van der Waals surface area contributed by atoms with Crippen molar-refractivity contribution in [3.05, 3.63) is 99.5 Å². The van der Waals surface area contributed by atoms with Crippen molar-refractivity contribution in [2.45, 2.75) is 83.3 Å². The molecule has 1 aliphatic rings. The van der Waals surface area contributed by atoms with Crippen molar-refractivity contribution in [1.82, 2.24) is 10.2 Å². The second kappa shape index (κ2) is 15.0. The zero-order valence-electron chi connectivity index (χ0n) is 26.4. The molecular formula is C35H43Cl2N3O4S. The number of sulfonamides is 1. The van der Waals surface area contributed by atoms with Crippen molar-refractivity contribution < 1.29 is 18.0 Å². The lowest BCUT2D eigenvalue weighted by Crippen LogP contribution is -2.55. The van der Waals surface area contributed by atoms with Gasteiger partial charge in [0, 0.05) is 29.1 Å². The number of hydrogen-bond donors (Lipinski definition) is 1. The molecule has 1 saturated carbocycles. The van der Waals surface area contributed by atoms with E-state index in [9.17, 15) is 18.0 Å². The predicted molar refractivity (Wildman–Crippen MR) is 183 cm³/mol. The number of anilines is 1. The Kier molecular flexibility index (Phi) is 11.6. The number of benzene rings is 3. The average molecular weight is 673 g/mol. The first-order valence-electron chi connectivity index (χ1n) is 15.4. The fourth-order valence-electron chi connectivity index (χ4n) is 5.67. The molecule has 3 aromatic carbocycles. The first kappa shape index (κ1) is 34.8. The van der Waals surface area contributed by atoms with Crippen molar-refractivity contribution in [1.29, 1.82) is 0 Å². The van der Waals surface area contributed by atoms with Gasteiger partial charge in [0.25, 0.3) is 0 Å². The van der Waals surface area contributed by atoms with Gasteiger partial charge in [-0.1, -0.05) is 112 Å². The van der Waals surface area contributed by atoms with E-state index in [1.807, 2.05) is 42.5 Å². The van der Waals surface area contributed by atoms with Crippen molar-refractivity contribution in [3.8, 4) is 0 Å². The van der Waals surface area contributed by atoms with Crippen LogP contribution in [0.1, 0.15) is 69.6 Å². The smallest absolute Gasteiger partial charge is 0.244 e. The summed E-state index contributed by atoms with van der Waals surface area (Å²) in [4.78, 5) is 29.9. The fourth-order valence-corrected chi connectivity index (χ4v) is 6.99. The van der Waals surface area contributed by atoms with Crippen LogP contribution >= 0.6 is 23.2 Å². The molecule has 0 spiro atoms. The molecule has 1 N–H and O–H groups in total. The zero-order valence-corrected chi connectivity index (χ0v) is 28.8. The van der Waals surface area contributed by atoms with Gasteiger partial charge >= 0.3 is 0 Å². The zero-order chi connectivity index (χ0) is 32.8. The van der Waals surface area contributed by atoms with E-state index in [4.69, 9.17) is 23.2 Å². The molecule has 0 saturated heterocycles. The minimum absolute atomic E-state index is 0.00894. The van der Waals surface area contributed by atoms with Gasteiger partial charge in [0.2, 0.25) is 21.8 Å². The summed E-state index contributed by atoms with van der Waals surface area (Å²) < 4.78 is 27.3. The summed E-state index contributed by atoms with van der Waals surface area (Å²) in [5.74, 6) is -0.796. The summed E-state index contributed by atoms with van der Waals surface area (Å²) >= 11 is 12.7. The molecule has 10 heteroatoms. The van der Waals surface area contributed by atoms with E-state index >= 15 is 0 Å². The molecule has 0 radical (unpaired) electrons. The highest BCUT2D eigenvalue weighted by Gasteiger charge is 2.34. The van der Waals surface area contributed by atoms with E-state index in [0.717, 1.165) is 53.8 Å². The first-order valence-corrected chi connectivity index (χ1v) is 18.0. The summed E-state index contributed by atoms with van der Waals surface area (Å²) in [7, 11) is -3.87. The molecular weight excluding hydrogens is 629 g/mol. The number of amides is 2. The lowest BCUT2D eigenvalue weighted by Gasteiger charge is -2.35. The van der Waals surface area contributed by atoms with Crippen LogP contribution in [0.15, 0.2) is 72.8 Å². The molecule has 2 amide bonds. The summed E-state index contributed by atoms with van der Waals surface area (Å²) in [5, 5.41) is 4.00. The minimum Gasteiger partial charge on any atom is -0.352 e. The molecule has 4 rings (SSSR count). The van der Waals surface area contributed by atoms with Crippen LogP contribution in [-0.2, 0) is 38.0 Å². The maximum Gasteiger partial charge on any atom is 0.244 e. The lowest BCUT2D eigenvalue weighted by molar-refractivity contribution is -0.140. The Hall–Kier alpha value is -3.07. The number of hydrogen-bond acceptors (Lipinski definition) is 4. The van der Waals surface area contributed by atoms with Gasteiger partial charge < -0.3 is 10.2 Å². The second-order valence-corrected chi connectivity index (χ2v) is 15.6. The Morgan fingerprint density at radius 3 is 2.16 bits per heavy atom. The van der Waals surface area contributed by atoms with Crippen LogP contribution in [0.5, 0.6) is 0 Å². The topological polar surface area (TPSA) is 86.8 Å². The van der Waals surface area contributed by atoms with E-state index in [2.05, 4.69) is 26.1 Å². The molecule has 3 aromatic rings. The Bertz CT molecular complexity index is 1570. The summed E-state index contributed by atoms with van der Waals surface area (Å²) in [5.41, 5.74) is 2.74. The van der Waals surface area contributed by atoms with Gasteiger partial charge in [-0.25, -0.2) is 8.42 Å². The normalized spacial score (nSPS) is 14.9. The third-order valence-corrected chi connectivity index (χ3v) is 10.0. The molecule has 0 aliphatic heterocycles. The number of halogens is 2. The molecule has 242 valence electrons. The van der Waals surface area contributed by atoms with Crippen LogP contribution in [0, 0.1) is 0 Å². The maximum atomic E-state index is 14.4. The predicted octanol–water partition coefficient (Wildman–Crippen LogP) is 7.15. The van der Waals surface area contributed by atoms with E-state index < -0.39 is 28.5 Å². The highest BCUT2D eigenvalue weighted by molar-refractivity contribution is 7.92. The van der Waals surface area contributed by atoms with Crippen molar-refractivity contribution in [2.24, 2.45) is 0 Å². The molecule has 1 aliphatic carbocycles. The molecule has 7 nitrogen and oxygen atoms in total. The fraction of sp³-hybridized carbons (Fsp3) is 0.429. The lowest BCUT2D eigenvalue weighted by atomic mass is 9.87. The van der Waals surface area contributed by atoms with E-state index in [1.165, 1.54) is 4.90 Å². The quantitative estimate of drug-likeness (QED) is 0.235. The van der Waals surface area contributed by atoms with Crippen molar-refractivity contribution >= 4 is 50.7 Å². The van der Waals surface area contributed by atoms with Crippen LogP contribution in [-0.4, -0.2) is 50.0 Å². The maximum absolute atomic E-state index is 14.4. The molecule has 1 fully saturated rings. The summed E-state index contributed by atoms with van der Waals surface area (Å²) in [6.45, 7) is 5.73. The summed E-state index contributed by atoms with van der Waals surface area (Å²) in [6, 6.07) is 20.8. The van der Waals surface area contributed by atoms with Gasteiger partial charge in [0.1, 0.15) is 12.6 Å². The number of nitrogens with zero attached hydrogens (tertiary/aromatic N) is 2. The third-order valence-electron chi connectivity index (χ3n) is 8.28. The molecule has 45 heavy (non-hydrogen) atoms. The number of carbonyl (C=O) groups is 2. The highest BCUT2D eigenvalue weighted by atomic mass is 35.5. The average Bonchev–Trinajstić information content (AvgIpc) is 2.98. The third kappa shape index (κ3) is 9.71. The van der Waals surface area contributed by atoms with Crippen LogP contribution in [0.4, 0.5) is 5.69 Å². The van der Waals surface area contributed by atoms with Gasteiger partial charge in [-0.15, -0.1) is 0 Å². The molecule has 0 unspecified atom stereocenters. The van der Waals surface area contributed by atoms with Crippen LogP contribution in [0.25, 0.3) is 0 Å². The first-order chi connectivity index (χ1) is 21.2. The van der Waals surface area contributed by atoms with Gasteiger partial charge in [-0.2, -0.15) is 0 Å². The second-order valence-electron chi connectivity index (χ2n) is 12.9. The number of rotatable bonds is 11. The van der Waals surface area contributed by atoms with Crippen LogP contribution in [0.2, 0.25) is 10.0 Å². The Labute approximate surface area is 278 Å². The minimum atomic E-state index is -3.87.